The zero-order chi connectivity index (χ0) is 15.4. The number of carbonyl (C=O) groups excluding carboxylic acids is 2. The number of nitrogens with two attached hydrogens (primary N) is 1. The van der Waals surface area contributed by atoms with Crippen LogP contribution in [0, 0.1) is 6.92 Å². The molecule has 1 atom stereocenters. The highest BCUT2D eigenvalue weighted by Gasteiger charge is 2.25. The Balaban J connectivity index is 1.89. The van der Waals surface area contributed by atoms with Crippen LogP contribution in [0.25, 0.3) is 0 Å². The largest absolute Gasteiger partial charge is 0.339 e. The Kier molecular flexibility index (Phi) is 4.96. The number of amides is 2. The van der Waals surface area contributed by atoms with Crippen molar-refractivity contribution < 1.29 is 9.59 Å². The maximum absolute atomic E-state index is 12.3. The maximum Gasteiger partial charge on any atom is 0.239 e. The van der Waals surface area contributed by atoms with E-state index < -0.39 is 6.04 Å². The molecule has 0 spiro atoms. The van der Waals surface area contributed by atoms with E-state index in [2.05, 4.69) is 0 Å². The summed E-state index contributed by atoms with van der Waals surface area (Å²) < 4.78 is 0. The Morgan fingerprint density at radius 2 is 1.71 bits per heavy atom. The third kappa shape index (κ3) is 3.82. The summed E-state index contributed by atoms with van der Waals surface area (Å²) in [7, 11) is 0. The minimum atomic E-state index is -0.473. The first-order chi connectivity index (χ1) is 9.99. The molecule has 1 heterocycles. The van der Waals surface area contributed by atoms with Crippen molar-refractivity contribution >= 4 is 11.8 Å². The summed E-state index contributed by atoms with van der Waals surface area (Å²) in [6, 6.07) is 7.46. The van der Waals surface area contributed by atoms with E-state index in [1.54, 1.807) is 11.8 Å². The molecular formula is C16H23N3O2. The van der Waals surface area contributed by atoms with Crippen molar-refractivity contribution in [3.8, 4) is 0 Å². The second-order valence-electron chi connectivity index (χ2n) is 5.60. The molecule has 1 aliphatic heterocycles. The first-order valence-electron chi connectivity index (χ1n) is 7.35. The monoisotopic (exact) mass is 289 g/mol. The molecule has 0 aliphatic carbocycles. The van der Waals surface area contributed by atoms with Crippen LogP contribution in [-0.4, -0.2) is 53.8 Å². The van der Waals surface area contributed by atoms with E-state index in [-0.39, 0.29) is 11.8 Å². The standard InChI is InChI=1S/C16H23N3O2/c1-12-5-3-4-6-14(12)11-15(20)18-7-9-19(10-8-18)16(21)13(2)17/h3-6,13H,7-11,17H2,1-2H3/t13-/m0/s1. The van der Waals surface area contributed by atoms with Gasteiger partial charge in [0.15, 0.2) is 0 Å². The van der Waals surface area contributed by atoms with Crippen molar-refractivity contribution in [2.24, 2.45) is 5.73 Å². The highest BCUT2D eigenvalue weighted by molar-refractivity contribution is 5.82. The number of carbonyl (C=O) groups is 2. The van der Waals surface area contributed by atoms with E-state index in [1.807, 2.05) is 36.1 Å². The van der Waals surface area contributed by atoms with Crippen molar-refractivity contribution in [3.63, 3.8) is 0 Å². The van der Waals surface area contributed by atoms with Crippen LogP contribution in [0.1, 0.15) is 18.1 Å². The van der Waals surface area contributed by atoms with E-state index in [9.17, 15) is 9.59 Å². The van der Waals surface area contributed by atoms with Gasteiger partial charge in [-0.15, -0.1) is 0 Å². The molecule has 0 unspecified atom stereocenters. The molecule has 1 aliphatic rings. The normalized spacial score (nSPS) is 16.7. The number of piperazine rings is 1. The van der Waals surface area contributed by atoms with Crippen LogP contribution >= 0.6 is 0 Å². The highest BCUT2D eigenvalue weighted by atomic mass is 16.2. The predicted octanol–water partition coefficient (Wildman–Crippen LogP) is 0.556. The second-order valence-corrected chi connectivity index (χ2v) is 5.60. The molecule has 0 bridgehead atoms. The van der Waals surface area contributed by atoms with Crippen molar-refractivity contribution in [1.82, 2.24) is 9.80 Å². The number of rotatable bonds is 3. The number of benzene rings is 1. The van der Waals surface area contributed by atoms with E-state index in [4.69, 9.17) is 5.73 Å². The first kappa shape index (κ1) is 15.5. The summed E-state index contributed by atoms with van der Waals surface area (Å²) >= 11 is 0. The van der Waals surface area contributed by atoms with Crippen molar-refractivity contribution in [1.29, 1.82) is 0 Å². The zero-order valence-corrected chi connectivity index (χ0v) is 12.7. The smallest absolute Gasteiger partial charge is 0.239 e. The molecule has 1 saturated heterocycles. The molecule has 5 heteroatoms. The third-order valence-corrected chi connectivity index (χ3v) is 3.94. The van der Waals surface area contributed by atoms with Gasteiger partial charge in [0, 0.05) is 26.2 Å². The molecule has 0 radical (unpaired) electrons. The van der Waals surface area contributed by atoms with Crippen LogP contribution in [0.4, 0.5) is 0 Å². The lowest BCUT2D eigenvalue weighted by Crippen LogP contribution is -2.54. The number of hydrogen-bond acceptors (Lipinski definition) is 3. The van der Waals surface area contributed by atoms with E-state index >= 15 is 0 Å². The Hall–Kier alpha value is -1.88. The summed E-state index contributed by atoms with van der Waals surface area (Å²) in [6.45, 7) is 6.02. The van der Waals surface area contributed by atoms with Gasteiger partial charge in [-0.1, -0.05) is 24.3 Å². The van der Waals surface area contributed by atoms with Crippen LogP contribution in [0.15, 0.2) is 24.3 Å². The van der Waals surface area contributed by atoms with Gasteiger partial charge in [0.2, 0.25) is 11.8 Å². The second kappa shape index (κ2) is 6.72. The minimum absolute atomic E-state index is 0.0407. The summed E-state index contributed by atoms with van der Waals surface area (Å²) in [5.41, 5.74) is 7.81. The number of aryl methyl sites for hydroxylation is 1. The van der Waals surface area contributed by atoms with Crippen molar-refractivity contribution in [2.75, 3.05) is 26.2 Å². The fourth-order valence-corrected chi connectivity index (χ4v) is 2.55. The third-order valence-electron chi connectivity index (χ3n) is 3.94. The lowest BCUT2D eigenvalue weighted by molar-refractivity contribution is -0.139. The van der Waals surface area contributed by atoms with Gasteiger partial charge in [0.05, 0.1) is 12.5 Å². The Morgan fingerprint density at radius 3 is 2.29 bits per heavy atom. The molecule has 114 valence electrons. The quantitative estimate of drug-likeness (QED) is 0.884. The number of nitrogens with zero attached hydrogens (tertiary/aromatic N) is 2. The van der Waals surface area contributed by atoms with E-state index in [0.29, 0.717) is 32.6 Å². The first-order valence-corrected chi connectivity index (χ1v) is 7.35. The SMILES string of the molecule is Cc1ccccc1CC(=O)N1CCN(C(=O)[C@H](C)N)CC1. The number of hydrogen-bond donors (Lipinski definition) is 1. The summed E-state index contributed by atoms with van der Waals surface area (Å²) in [5, 5.41) is 0. The minimum Gasteiger partial charge on any atom is -0.339 e. The summed E-state index contributed by atoms with van der Waals surface area (Å²) in [5.74, 6) is 0.0817. The molecule has 2 N–H and O–H groups in total. The van der Waals surface area contributed by atoms with Crippen LogP contribution in [0.2, 0.25) is 0 Å². The van der Waals surface area contributed by atoms with Gasteiger partial charge in [-0.05, 0) is 25.0 Å². The lowest BCUT2D eigenvalue weighted by Gasteiger charge is -2.35. The average Bonchev–Trinajstić information content (AvgIpc) is 2.49. The lowest BCUT2D eigenvalue weighted by atomic mass is 10.1. The predicted molar refractivity (Wildman–Crippen MR) is 81.7 cm³/mol. The zero-order valence-electron chi connectivity index (χ0n) is 12.7. The molecule has 5 nitrogen and oxygen atoms in total. The molecule has 1 fully saturated rings. The topological polar surface area (TPSA) is 66.6 Å². The Morgan fingerprint density at radius 1 is 1.14 bits per heavy atom. The fraction of sp³-hybridized carbons (Fsp3) is 0.500. The summed E-state index contributed by atoms with van der Waals surface area (Å²) in [4.78, 5) is 27.7. The van der Waals surface area contributed by atoms with E-state index in [0.717, 1.165) is 11.1 Å². The fourth-order valence-electron chi connectivity index (χ4n) is 2.55. The molecule has 0 saturated carbocycles. The highest BCUT2D eigenvalue weighted by Crippen LogP contribution is 2.11. The van der Waals surface area contributed by atoms with Gasteiger partial charge in [0.1, 0.15) is 0 Å². The van der Waals surface area contributed by atoms with Gasteiger partial charge >= 0.3 is 0 Å². The van der Waals surface area contributed by atoms with Gasteiger partial charge in [-0.2, -0.15) is 0 Å². The maximum atomic E-state index is 12.3. The molecular weight excluding hydrogens is 266 g/mol. The van der Waals surface area contributed by atoms with Crippen LogP contribution in [-0.2, 0) is 16.0 Å². The Labute approximate surface area is 125 Å². The molecule has 0 aromatic heterocycles. The van der Waals surface area contributed by atoms with Crippen molar-refractivity contribution in [3.05, 3.63) is 35.4 Å². The molecule has 2 rings (SSSR count). The molecule has 21 heavy (non-hydrogen) atoms. The van der Waals surface area contributed by atoms with Crippen LogP contribution in [0.5, 0.6) is 0 Å². The van der Waals surface area contributed by atoms with Crippen LogP contribution < -0.4 is 5.73 Å². The molecule has 1 aromatic carbocycles. The van der Waals surface area contributed by atoms with Gasteiger partial charge < -0.3 is 15.5 Å². The van der Waals surface area contributed by atoms with Crippen molar-refractivity contribution in [2.45, 2.75) is 26.3 Å². The van der Waals surface area contributed by atoms with Gasteiger partial charge in [-0.3, -0.25) is 9.59 Å². The molecule has 1 aromatic rings. The van der Waals surface area contributed by atoms with Gasteiger partial charge in [-0.25, -0.2) is 0 Å². The van der Waals surface area contributed by atoms with Gasteiger partial charge in [0.25, 0.3) is 0 Å². The summed E-state index contributed by atoms with van der Waals surface area (Å²) in [6.07, 6.45) is 0.425. The Bertz CT molecular complexity index is 520. The van der Waals surface area contributed by atoms with Crippen LogP contribution in [0.3, 0.4) is 0 Å². The molecule has 2 amide bonds. The van der Waals surface area contributed by atoms with E-state index in [1.165, 1.54) is 0 Å². The average molecular weight is 289 g/mol.